The van der Waals surface area contributed by atoms with Crippen LogP contribution in [0.25, 0.3) is 5.69 Å². The van der Waals surface area contributed by atoms with Crippen LogP contribution in [0.2, 0.25) is 0 Å². The van der Waals surface area contributed by atoms with Crippen LogP contribution in [0.1, 0.15) is 37.1 Å². The number of aryl methyl sites for hydroxylation is 1. The smallest absolute Gasteiger partial charge is 0.280 e. The molecular weight excluding hydrogens is 331 g/mol. The van der Waals surface area contributed by atoms with E-state index in [-0.39, 0.29) is 11.4 Å². The third kappa shape index (κ3) is 3.79. The van der Waals surface area contributed by atoms with Gasteiger partial charge in [0, 0.05) is 23.8 Å². The number of aromatic amines is 1. The highest BCUT2D eigenvalue weighted by molar-refractivity contribution is 5.99. The van der Waals surface area contributed by atoms with Crippen molar-refractivity contribution >= 4 is 5.71 Å². The van der Waals surface area contributed by atoms with E-state index in [0.29, 0.717) is 23.5 Å². The number of aromatic nitrogens is 3. The first-order valence-corrected chi connectivity index (χ1v) is 8.60. The number of hydrogen-bond donors (Lipinski definition) is 1. The minimum Gasteiger partial charge on any atom is -0.294 e. The highest BCUT2D eigenvalue weighted by Crippen LogP contribution is 2.12. The molecule has 3 aromatic rings. The van der Waals surface area contributed by atoms with Gasteiger partial charge in [-0.1, -0.05) is 19.4 Å². The number of H-pyrrole nitrogens is 1. The summed E-state index contributed by atoms with van der Waals surface area (Å²) in [5, 5.41) is 3.15. The summed E-state index contributed by atoms with van der Waals surface area (Å²) >= 11 is 0. The Balaban J connectivity index is 1.99. The molecule has 0 atom stereocenters. The van der Waals surface area contributed by atoms with Gasteiger partial charge in [-0.2, -0.15) is 0 Å². The van der Waals surface area contributed by atoms with Crippen molar-refractivity contribution in [1.82, 2.24) is 14.8 Å². The lowest BCUT2D eigenvalue weighted by Gasteiger charge is -2.01. The van der Waals surface area contributed by atoms with Crippen LogP contribution in [0.4, 0.5) is 4.39 Å². The van der Waals surface area contributed by atoms with Crippen LogP contribution < -0.4 is 5.56 Å². The molecule has 0 bridgehead atoms. The van der Waals surface area contributed by atoms with Crippen molar-refractivity contribution in [2.45, 2.75) is 33.2 Å². The zero-order valence-corrected chi connectivity index (χ0v) is 14.9. The number of aliphatic imine (C=N–C) groups is 1. The largest absolute Gasteiger partial charge is 0.294 e. The van der Waals surface area contributed by atoms with Gasteiger partial charge in [0.2, 0.25) is 0 Å². The van der Waals surface area contributed by atoms with Crippen LogP contribution in [-0.4, -0.2) is 20.5 Å². The molecule has 1 N–H and O–H groups in total. The van der Waals surface area contributed by atoms with Gasteiger partial charge >= 0.3 is 0 Å². The second kappa shape index (κ2) is 7.91. The van der Waals surface area contributed by atoms with E-state index in [1.807, 2.05) is 19.1 Å². The fourth-order valence-corrected chi connectivity index (χ4v) is 2.84. The van der Waals surface area contributed by atoms with Gasteiger partial charge in [0.05, 0.1) is 17.8 Å². The molecule has 0 amide bonds. The van der Waals surface area contributed by atoms with Crippen molar-refractivity contribution in [2.24, 2.45) is 4.99 Å². The van der Waals surface area contributed by atoms with Crippen molar-refractivity contribution in [1.29, 1.82) is 0 Å². The summed E-state index contributed by atoms with van der Waals surface area (Å²) in [6.07, 6.45) is 5.11. The molecule has 26 heavy (non-hydrogen) atoms. The molecule has 0 saturated heterocycles. The summed E-state index contributed by atoms with van der Waals surface area (Å²) < 4.78 is 14.6. The molecule has 0 spiro atoms. The predicted octanol–water partition coefficient (Wildman–Crippen LogP) is 3.66. The third-order valence-electron chi connectivity index (χ3n) is 4.13. The zero-order chi connectivity index (χ0) is 18.5. The number of halogens is 1. The van der Waals surface area contributed by atoms with E-state index in [0.717, 1.165) is 24.1 Å². The Morgan fingerprint density at radius 2 is 2.04 bits per heavy atom. The molecule has 6 heteroatoms. The second-order valence-electron chi connectivity index (χ2n) is 6.10. The van der Waals surface area contributed by atoms with E-state index in [2.05, 4.69) is 22.0 Å². The first kappa shape index (κ1) is 17.8. The van der Waals surface area contributed by atoms with Crippen LogP contribution in [-0.2, 0) is 13.0 Å². The van der Waals surface area contributed by atoms with E-state index in [1.54, 1.807) is 24.5 Å². The monoisotopic (exact) mass is 352 g/mol. The maximum atomic E-state index is 13.2. The summed E-state index contributed by atoms with van der Waals surface area (Å²) in [4.78, 5) is 21.6. The molecule has 2 heterocycles. The Hall–Kier alpha value is -3.02. The van der Waals surface area contributed by atoms with Crippen molar-refractivity contribution in [2.75, 3.05) is 0 Å². The Labute approximate surface area is 151 Å². The minimum atomic E-state index is -0.337. The van der Waals surface area contributed by atoms with Crippen molar-refractivity contribution in [3.63, 3.8) is 0 Å². The molecule has 5 nitrogen and oxygen atoms in total. The maximum Gasteiger partial charge on any atom is 0.280 e. The topological polar surface area (TPSA) is 63.0 Å². The average molecular weight is 352 g/mol. The Kier molecular flexibility index (Phi) is 5.41. The average Bonchev–Trinajstić information content (AvgIpc) is 2.98. The number of rotatable bonds is 6. The highest BCUT2D eigenvalue weighted by Gasteiger charge is 2.17. The number of benzene rings is 1. The number of nitrogens with one attached hydrogen (secondary N) is 1. The quantitative estimate of drug-likeness (QED) is 0.688. The van der Waals surface area contributed by atoms with Gasteiger partial charge in [-0.15, -0.1) is 0 Å². The van der Waals surface area contributed by atoms with Crippen molar-refractivity contribution in [3.05, 3.63) is 81.8 Å². The summed E-state index contributed by atoms with van der Waals surface area (Å²) in [5.74, 6) is -0.337. The van der Waals surface area contributed by atoms with Gasteiger partial charge in [0.15, 0.2) is 0 Å². The van der Waals surface area contributed by atoms with Gasteiger partial charge in [-0.3, -0.25) is 19.9 Å². The molecule has 0 fully saturated rings. The van der Waals surface area contributed by atoms with Crippen LogP contribution >= 0.6 is 0 Å². The van der Waals surface area contributed by atoms with Crippen molar-refractivity contribution < 1.29 is 4.39 Å². The number of nitrogens with zero attached hydrogens (tertiary/aromatic N) is 3. The number of hydrogen-bond acceptors (Lipinski definition) is 3. The predicted molar refractivity (Wildman–Crippen MR) is 100 cm³/mol. The second-order valence-corrected chi connectivity index (χ2v) is 6.10. The fourth-order valence-electron chi connectivity index (χ4n) is 2.84. The molecule has 134 valence electrons. The SMILES string of the molecule is CCCc1[nH]n(-c2ccc(F)cc2)c(=O)c1C(C)=NCc1cccnc1. The van der Waals surface area contributed by atoms with Gasteiger partial charge in [0.25, 0.3) is 5.56 Å². The molecular formula is C20H21FN4O. The molecule has 0 radical (unpaired) electrons. The molecule has 0 aliphatic carbocycles. The highest BCUT2D eigenvalue weighted by atomic mass is 19.1. The molecule has 2 aromatic heterocycles. The van der Waals surface area contributed by atoms with Crippen molar-refractivity contribution in [3.8, 4) is 5.69 Å². The molecule has 0 unspecified atom stereocenters. The van der Waals surface area contributed by atoms with Crippen LogP contribution in [0.15, 0.2) is 58.6 Å². The van der Waals surface area contributed by atoms with Crippen LogP contribution in [0, 0.1) is 5.82 Å². The molecule has 0 aliphatic rings. The van der Waals surface area contributed by atoms with E-state index in [4.69, 9.17) is 0 Å². The summed E-state index contributed by atoms with van der Waals surface area (Å²) in [7, 11) is 0. The zero-order valence-electron chi connectivity index (χ0n) is 14.9. The van der Waals surface area contributed by atoms with E-state index in [9.17, 15) is 9.18 Å². The lowest BCUT2D eigenvalue weighted by atomic mass is 10.1. The van der Waals surface area contributed by atoms with Gasteiger partial charge in [-0.05, 0) is 49.2 Å². The Morgan fingerprint density at radius 1 is 1.27 bits per heavy atom. The third-order valence-corrected chi connectivity index (χ3v) is 4.13. The standard InChI is InChI=1S/C20H21FN4O/c1-3-5-18-19(14(2)23-13-15-6-4-11-22-12-15)20(26)25(24-18)17-9-7-16(21)8-10-17/h4,6-12,24H,3,5,13H2,1-2H3. The lowest BCUT2D eigenvalue weighted by Crippen LogP contribution is -2.20. The lowest BCUT2D eigenvalue weighted by molar-refractivity contribution is 0.626. The Morgan fingerprint density at radius 3 is 2.69 bits per heavy atom. The molecule has 0 saturated carbocycles. The Bertz CT molecular complexity index is 956. The maximum absolute atomic E-state index is 13.2. The summed E-state index contributed by atoms with van der Waals surface area (Å²) in [5.41, 5.74) is 3.51. The van der Waals surface area contributed by atoms with Gasteiger partial charge < -0.3 is 0 Å². The molecule has 3 rings (SSSR count). The first-order valence-electron chi connectivity index (χ1n) is 8.60. The molecule has 0 aliphatic heterocycles. The normalized spacial score (nSPS) is 11.7. The fraction of sp³-hybridized carbons (Fsp3) is 0.250. The van der Waals surface area contributed by atoms with E-state index >= 15 is 0 Å². The first-order chi connectivity index (χ1) is 12.6. The minimum absolute atomic E-state index is 0.174. The number of pyridine rings is 1. The summed E-state index contributed by atoms with van der Waals surface area (Å²) in [6.45, 7) is 4.36. The summed E-state index contributed by atoms with van der Waals surface area (Å²) in [6, 6.07) is 9.64. The van der Waals surface area contributed by atoms with Crippen LogP contribution in [0.3, 0.4) is 0 Å². The van der Waals surface area contributed by atoms with E-state index in [1.165, 1.54) is 16.8 Å². The van der Waals surface area contributed by atoms with Gasteiger partial charge in [0.1, 0.15) is 5.82 Å². The molecule has 1 aromatic carbocycles. The van der Waals surface area contributed by atoms with Gasteiger partial charge in [-0.25, -0.2) is 9.07 Å². The van der Waals surface area contributed by atoms with Crippen LogP contribution in [0.5, 0.6) is 0 Å². The van der Waals surface area contributed by atoms with E-state index < -0.39 is 0 Å².